The number of Topliss-reactive ketones (excluding diaryl/α,β-unsaturated/α-hetero) is 1. The van der Waals surface area contributed by atoms with Crippen molar-refractivity contribution in [2.75, 3.05) is 0 Å². The molecule has 90 valence electrons. The Hall–Kier alpha value is -2.15. The van der Waals surface area contributed by atoms with Crippen molar-refractivity contribution in [1.82, 2.24) is 4.98 Å². The summed E-state index contributed by atoms with van der Waals surface area (Å²) in [6, 6.07) is 7.34. The van der Waals surface area contributed by atoms with Gasteiger partial charge in [0.25, 0.3) is 0 Å². The van der Waals surface area contributed by atoms with Gasteiger partial charge < -0.3 is 4.42 Å². The number of benzene rings is 1. The van der Waals surface area contributed by atoms with Gasteiger partial charge in [0, 0.05) is 12.5 Å². The summed E-state index contributed by atoms with van der Waals surface area (Å²) in [6.07, 6.45) is 2.28. The summed E-state index contributed by atoms with van der Waals surface area (Å²) < 4.78 is 5.37. The van der Waals surface area contributed by atoms with Crippen molar-refractivity contribution in [3.63, 3.8) is 0 Å². The lowest BCUT2D eigenvalue weighted by atomic mass is 9.65. The van der Waals surface area contributed by atoms with E-state index in [1.165, 1.54) is 0 Å². The van der Waals surface area contributed by atoms with Gasteiger partial charge >= 0.3 is 0 Å². The first kappa shape index (κ1) is 11.0. The van der Waals surface area contributed by atoms with E-state index in [0.717, 1.165) is 6.42 Å². The van der Waals surface area contributed by atoms with E-state index in [1.807, 2.05) is 0 Å². The van der Waals surface area contributed by atoms with Gasteiger partial charge in [0.1, 0.15) is 10.9 Å². The maximum absolute atomic E-state index is 12.3. The van der Waals surface area contributed by atoms with Gasteiger partial charge in [-0.1, -0.05) is 0 Å². The SMILES string of the molecule is Cc1nc2cc(C(=O)C3(C#N)CCC3)ccc2o1. The first-order valence-corrected chi connectivity index (χ1v) is 5.98. The van der Waals surface area contributed by atoms with E-state index >= 15 is 0 Å². The van der Waals surface area contributed by atoms with Gasteiger partial charge in [-0.2, -0.15) is 5.26 Å². The van der Waals surface area contributed by atoms with Gasteiger partial charge in [-0.25, -0.2) is 4.98 Å². The first-order valence-electron chi connectivity index (χ1n) is 5.98. The van der Waals surface area contributed by atoms with Crippen LogP contribution in [0, 0.1) is 23.7 Å². The first-order chi connectivity index (χ1) is 8.64. The average Bonchev–Trinajstić information content (AvgIpc) is 2.67. The zero-order chi connectivity index (χ0) is 12.8. The normalized spacial score (nSPS) is 17.1. The monoisotopic (exact) mass is 240 g/mol. The smallest absolute Gasteiger partial charge is 0.192 e. The van der Waals surface area contributed by atoms with Gasteiger partial charge in [-0.05, 0) is 37.5 Å². The van der Waals surface area contributed by atoms with E-state index in [0.29, 0.717) is 35.4 Å². The molecule has 1 aliphatic rings. The van der Waals surface area contributed by atoms with Gasteiger partial charge in [-0.3, -0.25) is 4.79 Å². The summed E-state index contributed by atoms with van der Waals surface area (Å²) in [5.41, 5.74) is 1.10. The number of carbonyl (C=O) groups is 1. The topological polar surface area (TPSA) is 66.9 Å². The Morgan fingerprint density at radius 2 is 2.28 bits per heavy atom. The van der Waals surface area contributed by atoms with Crippen LogP contribution in [0.15, 0.2) is 22.6 Å². The fourth-order valence-corrected chi connectivity index (χ4v) is 2.38. The zero-order valence-electron chi connectivity index (χ0n) is 10.1. The third kappa shape index (κ3) is 1.44. The molecular weight excluding hydrogens is 228 g/mol. The van der Waals surface area contributed by atoms with Crippen molar-refractivity contribution in [2.24, 2.45) is 5.41 Å². The number of nitriles is 1. The number of ketones is 1. The maximum atomic E-state index is 12.3. The molecular formula is C14H12N2O2. The molecule has 3 rings (SSSR count). The maximum Gasteiger partial charge on any atom is 0.192 e. The molecule has 4 nitrogen and oxygen atoms in total. The summed E-state index contributed by atoms with van der Waals surface area (Å²) in [4.78, 5) is 16.6. The third-order valence-electron chi connectivity index (χ3n) is 3.61. The van der Waals surface area contributed by atoms with Gasteiger partial charge in [-0.15, -0.1) is 0 Å². The molecule has 0 N–H and O–H groups in total. The van der Waals surface area contributed by atoms with Crippen LogP contribution in [0.1, 0.15) is 35.5 Å². The molecule has 0 bridgehead atoms. The van der Waals surface area contributed by atoms with Crippen LogP contribution >= 0.6 is 0 Å². The second-order valence-electron chi connectivity index (χ2n) is 4.79. The Balaban J connectivity index is 2.04. The molecule has 0 aliphatic heterocycles. The molecule has 0 radical (unpaired) electrons. The molecule has 0 spiro atoms. The summed E-state index contributed by atoms with van der Waals surface area (Å²) >= 11 is 0. The highest BCUT2D eigenvalue weighted by Crippen LogP contribution is 2.43. The van der Waals surface area contributed by atoms with E-state index in [1.54, 1.807) is 25.1 Å². The molecule has 0 saturated heterocycles. The molecule has 18 heavy (non-hydrogen) atoms. The fourth-order valence-electron chi connectivity index (χ4n) is 2.38. The number of aryl methyl sites for hydroxylation is 1. The summed E-state index contributed by atoms with van der Waals surface area (Å²) in [6.45, 7) is 1.77. The highest BCUT2D eigenvalue weighted by Gasteiger charge is 2.44. The molecule has 4 heteroatoms. The summed E-state index contributed by atoms with van der Waals surface area (Å²) in [7, 11) is 0. The van der Waals surface area contributed by atoms with Crippen molar-refractivity contribution >= 4 is 16.9 Å². The lowest BCUT2D eigenvalue weighted by Crippen LogP contribution is -2.36. The second-order valence-corrected chi connectivity index (χ2v) is 4.79. The lowest BCUT2D eigenvalue weighted by Gasteiger charge is -2.33. The standard InChI is InChI=1S/C14H12N2O2/c1-9-16-11-7-10(3-4-12(11)18-9)13(17)14(8-15)5-2-6-14/h3-4,7H,2,5-6H2,1H3. The molecule has 1 fully saturated rings. The van der Waals surface area contributed by atoms with Crippen molar-refractivity contribution in [1.29, 1.82) is 5.26 Å². The van der Waals surface area contributed by atoms with Crippen LogP contribution in [0.2, 0.25) is 0 Å². The minimum atomic E-state index is -0.799. The molecule has 1 aliphatic carbocycles. The highest BCUT2D eigenvalue weighted by atomic mass is 16.3. The number of fused-ring (bicyclic) bond motifs is 1. The molecule has 1 aromatic heterocycles. The van der Waals surface area contributed by atoms with Crippen LogP contribution in [0.25, 0.3) is 11.1 Å². The molecule has 1 heterocycles. The van der Waals surface area contributed by atoms with E-state index in [9.17, 15) is 10.1 Å². The Bertz CT molecular complexity index is 675. The summed E-state index contributed by atoms with van der Waals surface area (Å²) in [5.74, 6) is 0.493. The predicted octanol–water partition coefficient (Wildman–Crippen LogP) is 3.01. The number of aromatic nitrogens is 1. The molecule has 2 aromatic rings. The number of rotatable bonds is 2. The number of hydrogen-bond acceptors (Lipinski definition) is 4. The van der Waals surface area contributed by atoms with Crippen LogP contribution in [0.5, 0.6) is 0 Å². The lowest BCUT2D eigenvalue weighted by molar-refractivity contribution is 0.0748. The van der Waals surface area contributed by atoms with Gasteiger partial charge in [0.05, 0.1) is 6.07 Å². The van der Waals surface area contributed by atoms with Crippen molar-refractivity contribution in [3.05, 3.63) is 29.7 Å². The van der Waals surface area contributed by atoms with Crippen LogP contribution < -0.4 is 0 Å². The minimum absolute atomic E-state index is 0.0844. The van der Waals surface area contributed by atoms with Crippen LogP contribution in [-0.4, -0.2) is 10.8 Å². The molecule has 1 aromatic carbocycles. The minimum Gasteiger partial charge on any atom is -0.441 e. The largest absolute Gasteiger partial charge is 0.441 e. The summed E-state index contributed by atoms with van der Waals surface area (Å²) in [5, 5.41) is 9.18. The van der Waals surface area contributed by atoms with E-state index in [2.05, 4.69) is 11.1 Å². The van der Waals surface area contributed by atoms with Gasteiger partial charge in [0.15, 0.2) is 17.3 Å². The number of hydrogen-bond donors (Lipinski definition) is 0. The van der Waals surface area contributed by atoms with E-state index < -0.39 is 5.41 Å². The Morgan fingerprint density at radius 3 is 2.89 bits per heavy atom. The average molecular weight is 240 g/mol. The van der Waals surface area contributed by atoms with E-state index in [4.69, 9.17) is 4.42 Å². The second kappa shape index (κ2) is 3.67. The molecule has 0 amide bonds. The third-order valence-corrected chi connectivity index (χ3v) is 3.61. The molecule has 0 unspecified atom stereocenters. The predicted molar refractivity (Wildman–Crippen MR) is 65.0 cm³/mol. The van der Waals surface area contributed by atoms with Crippen LogP contribution in [0.4, 0.5) is 0 Å². The Labute approximate surface area is 104 Å². The molecule has 0 atom stereocenters. The highest BCUT2D eigenvalue weighted by molar-refractivity contribution is 6.04. The van der Waals surface area contributed by atoms with Gasteiger partial charge in [0.2, 0.25) is 0 Å². The number of nitrogens with zero attached hydrogens (tertiary/aromatic N) is 2. The fraction of sp³-hybridized carbons (Fsp3) is 0.357. The zero-order valence-corrected chi connectivity index (χ0v) is 10.1. The van der Waals surface area contributed by atoms with Crippen molar-refractivity contribution in [2.45, 2.75) is 26.2 Å². The number of carbonyl (C=O) groups excluding carboxylic acids is 1. The quantitative estimate of drug-likeness (QED) is 0.757. The Kier molecular flexibility index (Phi) is 2.24. The molecule has 1 saturated carbocycles. The van der Waals surface area contributed by atoms with Crippen LogP contribution in [0.3, 0.4) is 0 Å². The Morgan fingerprint density at radius 1 is 1.50 bits per heavy atom. The van der Waals surface area contributed by atoms with Crippen molar-refractivity contribution < 1.29 is 9.21 Å². The van der Waals surface area contributed by atoms with Crippen LogP contribution in [-0.2, 0) is 0 Å². The van der Waals surface area contributed by atoms with E-state index in [-0.39, 0.29) is 5.78 Å². The van der Waals surface area contributed by atoms with Crippen molar-refractivity contribution in [3.8, 4) is 6.07 Å². The number of oxazole rings is 1.